The number of ether oxygens (including phenoxy) is 1. The Morgan fingerprint density at radius 3 is 2.63 bits per heavy atom. The summed E-state index contributed by atoms with van der Waals surface area (Å²) in [6.07, 6.45) is 2.52. The van der Waals surface area contributed by atoms with E-state index in [1.54, 1.807) is 17.2 Å². The lowest BCUT2D eigenvalue weighted by Crippen LogP contribution is -2.27. The van der Waals surface area contributed by atoms with E-state index in [1.807, 2.05) is 19.2 Å². The first-order chi connectivity index (χ1) is 14.5. The summed E-state index contributed by atoms with van der Waals surface area (Å²) in [5.41, 5.74) is 4.77. The maximum Gasteiger partial charge on any atom is 0.254 e. The Hall–Kier alpha value is -2.83. The molecule has 0 aliphatic carbocycles. The maximum atomic E-state index is 12.6. The van der Waals surface area contributed by atoms with Crippen LogP contribution in [0.15, 0.2) is 36.6 Å². The summed E-state index contributed by atoms with van der Waals surface area (Å²) in [7, 11) is 1.84. The van der Waals surface area contributed by atoms with Crippen molar-refractivity contribution in [1.29, 1.82) is 0 Å². The molecule has 1 amide bonds. The lowest BCUT2D eigenvalue weighted by atomic mass is 9.98. The van der Waals surface area contributed by atoms with Crippen LogP contribution in [0, 0.1) is 0 Å². The number of fused-ring (bicyclic) bond motifs is 7. The van der Waals surface area contributed by atoms with Gasteiger partial charge in [0.15, 0.2) is 0 Å². The monoisotopic (exact) mass is 405 g/mol. The third-order valence-corrected chi connectivity index (χ3v) is 6.56. The number of carbonyl (C=O) groups excluding carboxylic acids is 1. The van der Waals surface area contributed by atoms with Gasteiger partial charge >= 0.3 is 0 Å². The second kappa shape index (κ2) is 7.15. The zero-order valence-electron chi connectivity index (χ0n) is 17.7. The standard InChI is InChI=1S/C24H27N3O3/c1-4-26(5-2)11-12-27-18-8-6-15-17(14-25(3)24(15)29)21(18)22-19(27)9-7-16-20(28)10-13-30-23(16)22/h6-10,13,20,28H,4-5,11-12,14H2,1-3H3. The molecule has 3 aromatic rings. The van der Waals surface area contributed by atoms with Crippen LogP contribution in [-0.4, -0.2) is 52.1 Å². The summed E-state index contributed by atoms with van der Waals surface area (Å²) in [5.74, 6) is 0.756. The summed E-state index contributed by atoms with van der Waals surface area (Å²) >= 11 is 0. The Balaban J connectivity index is 1.80. The number of hydrogen-bond acceptors (Lipinski definition) is 4. The largest absolute Gasteiger partial charge is 0.464 e. The third kappa shape index (κ3) is 2.67. The van der Waals surface area contributed by atoms with E-state index in [4.69, 9.17) is 4.74 Å². The predicted octanol–water partition coefficient (Wildman–Crippen LogP) is 3.66. The van der Waals surface area contributed by atoms with Crippen LogP contribution < -0.4 is 4.74 Å². The van der Waals surface area contributed by atoms with Crippen LogP contribution in [0.1, 0.15) is 41.4 Å². The summed E-state index contributed by atoms with van der Waals surface area (Å²) in [4.78, 5) is 16.8. The zero-order chi connectivity index (χ0) is 21.0. The number of hydrogen-bond donors (Lipinski definition) is 1. The first kappa shape index (κ1) is 19.2. The van der Waals surface area contributed by atoms with Gasteiger partial charge in [-0.2, -0.15) is 0 Å². The molecule has 6 heteroatoms. The SMILES string of the molecule is CCN(CC)CCn1c2ccc3c(c2c2c4c(ccc21)C(O)C=CO4)CN(C)C3=O. The van der Waals surface area contributed by atoms with Gasteiger partial charge in [-0.15, -0.1) is 0 Å². The number of likely N-dealkylation sites (N-methyl/N-ethyl adjacent to an activating group) is 1. The fourth-order valence-corrected chi connectivity index (χ4v) is 4.87. The normalized spacial score (nSPS) is 17.8. The Morgan fingerprint density at radius 2 is 1.87 bits per heavy atom. The van der Waals surface area contributed by atoms with Crippen molar-refractivity contribution in [3.8, 4) is 5.75 Å². The Kier molecular flexibility index (Phi) is 4.56. The van der Waals surface area contributed by atoms with Crippen molar-refractivity contribution in [1.82, 2.24) is 14.4 Å². The van der Waals surface area contributed by atoms with Crippen LogP contribution in [0.3, 0.4) is 0 Å². The van der Waals surface area contributed by atoms with Gasteiger partial charge in [0, 0.05) is 48.7 Å². The molecule has 0 saturated carbocycles. The van der Waals surface area contributed by atoms with E-state index in [9.17, 15) is 9.90 Å². The topological polar surface area (TPSA) is 57.9 Å². The molecule has 156 valence electrons. The van der Waals surface area contributed by atoms with Crippen molar-refractivity contribution >= 4 is 27.7 Å². The summed E-state index contributed by atoms with van der Waals surface area (Å²) in [6.45, 7) is 8.77. The molecule has 3 heterocycles. The van der Waals surface area contributed by atoms with E-state index in [1.165, 1.54) is 0 Å². The number of amides is 1. The van der Waals surface area contributed by atoms with Crippen LogP contribution in [0.25, 0.3) is 21.8 Å². The fourth-order valence-electron chi connectivity index (χ4n) is 4.87. The molecular weight excluding hydrogens is 378 g/mol. The fraction of sp³-hybridized carbons (Fsp3) is 0.375. The summed E-state index contributed by atoms with van der Waals surface area (Å²) < 4.78 is 8.28. The van der Waals surface area contributed by atoms with Gasteiger partial charge in [-0.05, 0) is 42.9 Å². The lowest BCUT2D eigenvalue weighted by molar-refractivity contribution is 0.0816. The van der Waals surface area contributed by atoms with Crippen molar-refractivity contribution < 1.29 is 14.6 Å². The van der Waals surface area contributed by atoms with Crippen molar-refractivity contribution in [2.75, 3.05) is 26.7 Å². The molecular formula is C24H27N3O3. The van der Waals surface area contributed by atoms with Gasteiger partial charge in [0.1, 0.15) is 11.9 Å². The number of benzene rings is 2. The molecule has 0 spiro atoms. The Morgan fingerprint density at radius 1 is 1.13 bits per heavy atom. The summed E-state index contributed by atoms with van der Waals surface area (Å²) in [6, 6.07) is 8.05. The first-order valence-corrected chi connectivity index (χ1v) is 10.6. The number of rotatable bonds is 5. The van der Waals surface area contributed by atoms with E-state index in [0.717, 1.165) is 64.7 Å². The minimum absolute atomic E-state index is 0.0570. The molecule has 2 aromatic carbocycles. The molecule has 0 fully saturated rings. The first-order valence-electron chi connectivity index (χ1n) is 10.6. The van der Waals surface area contributed by atoms with Crippen LogP contribution >= 0.6 is 0 Å². The molecule has 1 aromatic heterocycles. The zero-order valence-corrected chi connectivity index (χ0v) is 17.7. The van der Waals surface area contributed by atoms with Crippen LogP contribution in [-0.2, 0) is 13.1 Å². The van der Waals surface area contributed by atoms with Gasteiger partial charge in [-0.1, -0.05) is 19.9 Å². The van der Waals surface area contributed by atoms with Gasteiger partial charge in [0.25, 0.3) is 5.91 Å². The predicted molar refractivity (Wildman–Crippen MR) is 118 cm³/mol. The number of carbonyl (C=O) groups is 1. The van der Waals surface area contributed by atoms with E-state index in [2.05, 4.69) is 35.4 Å². The van der Waals surface area contributed by atoms with E-state index >= 15 is 0 Å². The molecule has 1 unspecified atom stereocenters. The van der Waals surface area contributed by atoms with E-state index in [-0.39, 0.29) is 5.91 Å². The minimum Gasteiger partial charge on any atom is -0.464 e. The van der Waals surface area contributed by atoms with Crippen molar-refractivity contribution in [2.45, 2.75) is 33.0 Å². The van der Waals surface area contributed by atoms with Crippen molar-refractivity contribution in [3.63, 3.8) is 0 Å². The van der Waals surface area contributed by atoms with Gasteiger partial charge in [0.2, 0.25) is 0 Å². The molecule has 0 radical (unpaired) electrons. The molecule has 5 rings (SSSR count). The molecule has 1 atom stereocenters. The number of aromatic nitrogens is 1. The van der Waals surface area contributed by atoms with Gasteiger partial charge in [0.05, 0.1) is 17.2 Å². The molecule has 2 aliphatic rings. The van der Waals surface area contributed by atoms with Crippen molar-refractivity contribution in [2.24, 2.45) is 0 Å². The lowest BCUT2D eigenvalue weighted by Gasteiger charge is -2.20. The molecule has 2 aliphatic heterocycles. The number of aliphatic hydroxyl groups excluding tert-OH is 1. The van der Waals surface area contributed by atoms with Crippen molar-refractivity contribution in [3.05, 3.63) is 53.3 Å². The second-order valence-corrected chi connectivity index (χ2v) is 8.09. The Labute approximate surface area is 175 Å². The molecule has 1 N–H and O–H groups in total. The number of aliphatic hydroxyl groups is 1. The highest BCUT2D eigenvalue weighted by Gasteiger charge is 2.30. The Bertz CT molecular complexity index is 1190. The minimum atomic E-state index is -0.687. The molecule has 30 heavy (non-hydrogen) atoms. The van der Waals surface area contributed by atoms with E-state index in [0.29, 0.717) is 12.3 Å². The average Bonchev–Trinajstić information content (AvgIpc) is 3.23. The van der Waals surface area contributed by atoms with Crippen LogP contribution in [0.2, 0.25) is 0 Å². The molecule has 0 bridgehead atoms. The third-order valence-electron chi connectivity index (χ3n) is 6.56. The van der Waals surface area contributed by atoms with Crippen LogP contribution in [0.4, 0.5) is 0 Å². The molecule has 6 nitrogen and oxygen atoms in total. The van der Waals surface area contributed by atoms with Gasteiger partial charge < -0.3 is 24.2 Å². The number of nitrogens with zero attached hydrogens (tertiary/aromatic N) is 3. The molecule has 0 saturated heterocycles. The smallest absolute Gasteiger partial charge is 0.254 e. The summed E-state index contributed by atoms with van der Waals surface area (Å²) in [5, 5.41) is 12.5. The highest BCUT2D eigenvalue weighted by molar-refractivity contribution is 6.17. The highest BCUT2D eigenvalue weighted by Crippen LogP contribution is 2.45. The average molecular weight is 405 g/mol. The highest BCUT2D eigenvalue weighted by atomic mass is 16.5. The van der Waals surface area contributed by atoms with Gasteiger partial charge in [-0.3, -0.25) is 4.79 Å². The van der Waals surface area contributed by atoms with Crippen LogP contribution in [0.5, 0.6) is 5.75 Å². The maximum absolute atomic E-state index is 12.6. The van der Waals surface area contributed by atoms with Gasteiger partial charge in [-0.25, -0.2) is 0 Å². The quantitative estimate of drug-likeness (QED) is 0.704. The second-order valence-electron chi connectivity index (χ2n) is 8.09. The van der Waals surface area contributed by atoms with E-state index < -0.39 is 6.10 Å².